The molecule has 29 heavy (non-hydrogen) atoms. The summed E-state index contributed by atoms with van der Waals surface area (Å²) in [6.07, 6.45) is 3.30. The second kappa shape index (κ2) is 7.73. The van der Waals surface area contributed by atoms with E-state index < -0.39 is 0 Å². The van der Waals surface area contributed by atoms with Gasteiger partial charge in [0, 0.05) is 12.3 Å². The number of benzene rings is 1. The molecule has 0 saturated carbocycles. The molecular formula is C20H17ClN3O4S+. The average molecular weight is 431 g/mol. The third-order valence-electron chi connectivity index (χ3n) is 4.54. The Kier molecular flexibility index (Phi) is 5.12. The van der Waals surface area contributed by atoms with Crippen LogP contribution in [-0.2, 0) is 6.54 Å². The molecule has 0 spiro atoms. The maximum absolute atomic E-state index is 13.3. The van der Waals surface area contributed by atoms with Gasteiger partial charge in [-0.2, -0.15) is 8.97 Å². The molecule has 0 aliphatic heterocycles. The minimum atomic E-state index is -0.389. The topological polar surface area (TPSA) is 77.7 Å². The highest BCUT2D eigenvalue weighted by Gasteiger charge is 2.29. The number of aromatic hydroxyl groups is 1. The zero-order valence-corrected chi connectivity index (χ0v) is 17.2. The first-order valence-corrected chi connectivity index (χ1v) is 9.82. The molecule has 1 aromatic carbocycles. The summed E-state index contributed by atoms with van der Waals surface area (Å²) in [5, 5.41) is 11.2. The van der Waals surface area contributed by atoms with E-state index in [1.54, 1.807) is 53.4 Å². The van der Waals surface area contributed by atoms with E-state index in [9.17, 15) is 9.90 Å². The van der Waals surface area contributed by atoms with Crippen LogP contribution in [-0.4, -0.2) is 28.9 Å². The van der Waals surface area contributed by atoms with Crippen LogP contribution >= 0.6 is 22.9 Å². The third kappa shape index (κ3) is 3.30. The molecule has 0 aliphatic rings. The first kappa shape index (κ1) is 19.2. The molecule has 0 saturated heterocycles. The summed E-state index contributed by atoms with van der Waals surface area (Å²) in [7, 11) is 3.00. The van der Waals surface area contributed by atoms with E-state index in [1.165, 1.54) is 30.0 Å². The SMILES string of the molecule is COc1cccc(OC)c1-c1c(O)n(Cc2cnc(Cl)s2)c2cccc[n+]2c1=O. The quantitative estimate of drug-likeness (QED) is 0.492. The van der Waals surface area contributed by atoms with Crippen molar-refractivity contribution in [2.75, 3.05) is 14.2 Å². The van der Waals surface area contributed by atoms with Crippen molar-refractivity contribution in [2.45, 2.75) is 6.54 Å². The Hall–Kier alpha value is -3.10. The van der Waals surface area contributed by atoms with Gasteiger partial charge in [0.2, 0.25) is 0 Å². The van der Waals surface area contributed by atoms with E-state index in [4.69, 9.17) is 21.1 Å². The lowest BCUT2D eigenvalue weighted by Gasteiger charge is -2.14. The number of halogens is 1. The van der Waals surface area contributed by atoms with Gasteiger partial charge in [-0.3, -0.25) is 0 Å². The number of nitrogens with zero attached hydrogens (tertiary/aromatic N) is 3. The first-order chi connectivity index (χ1) is 14.0. The molecule has 3 heterocycles. The van der Waals surface area contributed by atoms with Gasteiger partial charge in [-0.15, -0.1) is 11.3 Å². The van der Waals surface area contributed by atoms with Gasteiger partial charge in [-0.05, 0) is 18.2 Å². The number of hydrogen-bond donors (Lipinski definition) is 1. The van der Waals surface area contributed by atoms with Crippen LogP contribution in [0.2, 0.25) is 4.47 Å². The van der Waals surface area contributed by atoms with E-state index in [1.807, 2.05) is 0 Å². The smallest absolute Gasteiger partial charge is 0.354 e. The lowest BCUT2D eigenvalue weighted by atomic mass is 10.1. The summed E-state index contributed by atoms with van der Waals surface area (Å²) in [5.41, 5.74) is 0.601. The van der Waals surface area contributed by atoms with Crippen LogP contribution in [0, 0.1) is 0 Å². The molecular weight excluding hydrogens is 414 g/mol. The molecule has 0 atom stereocenters. The molecule has 0 unspecified atom stereocenters. The minimum Gasteiger partial charge on any atom is -0.496 e. The molecule has 4 rings (SSSR count). The Morgan fingerprint density at radius 1 is 1.14 bits per heavy atom. The fourth-order valence-corrected chi connectivity index (χ4v) is 4.24. The standard InChI is InChI=1S/C20H16ClN3O4S/c1-27-13-6-5-7-14(28-2)16(13)17-18(25)23-9-4-3-8-15(23)24(19(17)26)11-12-10-22-20(21)29-12/h3-10H,11H2,1-2H3/p+1. The molecule has 9 heteroatoms. The summed E-state index contributed by atoms with van der Waals surface area (Å²) >= 11 is 7.27. The zero-order chi connectivity index (χ0) is 20.5. The van der Waals surface area contributed by atoms with Crippen LogP contribution in [0.4, 0.5) is 0 Å². The van der Waals surface area contributed by atoms with Crippen LogP contribution in [0.15, 0.2) is 53.6 Å². The van der Waals surface area contributed by atoms with Crippen molar-refractivity contribution in [1.29, 1.82) is 0 Å². The van der Waals surface area contributed by atoms with E-state index in [0.717, 1.165) is 4.88 Å². The summed E-state index contributed by atoms with van der Waals surface area (Å²) < 4.78 is 14.4. The molecule has 0 aliphatic carbocycles. The molecule has 7 nitrogen and oxygen atoms in total. The average Bonchev–Trinajstić information content (AvgIpc) is 3.16. The van der Waals surface area contributed by atoms with E-state index in [-0.39, 0.29) is 23.5 Å². The predicted molar refractivity (Wildman–Crippen MR) is 110 cm³/mol. The zero-order valence-electron chi connectivity index (χ0n) is 15.6. The first-order valence-electron chi connectivity index (χ1n) is 8.63. The summed E-state index contributed by atoms with van der Waals surface area (Å²) in [6.45, 7) is 0.286. The second-order valence-corrected chi connectivity index (χ2v) is 7.83. The molecule has 1 N–H and O–H groups in total. The molecule has 0 radical (unpaired) electrons. The number of aromatic nitrogens is 3. The Balaban J connectivity index is 2.08. The number of hydrogen-bond acceptors (Lipinski definition) is 6. The van der Waals surface area contributed by atoms with Gasteiger partial charge in [0.25, 0.3) is 11.5 Å². The van der Waals surface area contributed by atoms with Gasteiger partial charge in [0.05, 0.1) is 30.9 Å². The highest BCUT2D eigenvalue weighted by molar-refractivity contribution is 7.15. The van der Waals surface area contributed by atoms with Gasteiger partial charge in [-0.25, -0.2) is 9.78 Å². The number of rotatable bonds is 5. The van der Waals surface area contributed by atoms with Crippen LogP contribution in [0.3, 0.4) is 0 Å². The summed E-state index contributed by atoms with van der Waals surface area (Å²) in [5.74, 6) is 0.633. The van der Waals surface area contributed by atoms with Gasteiger partial charge in [-0.1, -0.05) is 23.7 Å². The van der Waals surface area contributed by atoms with Crippen LogP contribution in [0.25, 0.3) is 16.8 Å². The Bertz CT molecular complexity index is 1250. The van der Waals surface area contributed by atoms with E-state index in [2.05, 4.69) is 4.98 Å². The Labute approximate surface area is 175 Å². The van der Waals surface area contributed by atoms with E-state index in [0.29, 0.717) is 27.2 Å². The van der Waals surface area contributed by atoms with Gasteiger partial charge in [0.1, 0.15) is 18.0 Å². The van der Waals surface area contributed by atoms with Crippen molar-refractivity contribution in [3.05, 3.63) is 68.5 Å². The number of ether oxygens (including phenoxy) is 2. The van der Waals surface area contributed by atoms with Crippen LogP contribution < -0.4 is 19.4 Å². The number of fused-ring (bicyclic) bond motifs is 1. The summed E-state index contributed by atoms with van der Waals surface area (Å²) in [4.78, 5) is 18.2. The molecule has 148 valence electrons. The molecule has 0 fully saturated rings. The molecule has 3 aromatic heterocycles. The molecule has 0 amide bonds. The van der Waals surface area contributed by atoms with Gasteiger partial charge >= 0.3 is 5.56 Å². The number of methoxy groups -OCH3 is 2. The monoisotopic (exact) mass is 430 g/mol. The normalized spacial score (nSPS) is 11.0. The van der Waals surface area contributed by atoms with Gasteiger partial charge in [0.15, 0.2) is 10.0 Å². The lowest BCUT2D eigenvalue weighted by Crippen LogP contribution is -2.43. The highest BCUT2D eigenvalue weighted by Crippen LogP contribution is 2.40. The maximum Gasteiger partial charge on any atom is 0.354 e. The number of thiazole rings is 1. The van der Waals surface area contributed by atoms with E-state index >= 15 is 0 Å². The van der Waals surface area contributed by atoms with Crippen molar-refractivity contribution < 1.29 is 19.0 Å². The molecule has 4 aromatic rings. The highest BCUT2D eigenvalue weighted by atomic mass is 35.5. The largest absolute Gasteiger partial charge is 0.496 e. The third-order valence-corrected chi connectivity index (χ3v) is 5.64. The lowest BCUT2D eigenvalue weighted by molar-refractivity contribution is -0.532. The van der Waals surface area contributed by atoms with Crippen molar-refractivity contribution in [2.24, 2.45) is 0 Å². The second-order valence-electron chi connectivity index (χ2n) is 6.14. The number of pyridine rings is 1. The predicted octanol–water partition coefficient (Wildman–Crippen LogP) is 3.14. The van der Waals surface area contributed by atoms with Crippen molar-refractivity contribution in [3.63, 3.8) is 0 Å². The fraction of sp³-hybridized carbons (Fsp3) is 0.150. The Morgan fingerprint density at radius 3 is 2.48 bits per heavy atom. The van der Waals surface area contributed by atoms with Crippen LogP contribution in [0.1, 0.15) is 4.88 Å². The summed E-state index contributed by atoms with van der Waals surface area (Å²) in [6, 6.07) is 10.5. The van der Waals surface area contributed by atoms with Gasteiger partial charge < -0.3 is 14.6 Å². The van der Waals surface area contributed by atoms with Crippen molar-refractivity contribution >= 4 is 28.6 Å². The molecule has 0 bridgehead atoms. The fourth-order valence-electron chi connectivity index (χ4n) is 3.27. The van der Waals surface area contributed by atoms with Crippen LogP contribution in [0.5, 0.6) is 17.4 Å². The maximum atomic E-state index is 13.3. The minimum absolute atomic E-state index is 0.0820. The van der Waals surface area contributed by atoms with Crippen molar-refractivity contribution in [1.82, 2.24) is 9.55 Å². The van der Waals surface area contributed by atoms with Crippen molar-refractivity contribution in [3.8, 4) is 28.5 Å². The Morgan fingerprint density at radius 2 is 1.86 bits per heavy atom.